The molecule has 0 bridgehead atoms. The summed E-state index contributed by atoms with van der Waals surface area (Å²) in [6.07, 6.45) is 1.48. The average molecular weight is 361 g/mol. The van der Waals surface area contributed by atoms with E-state index in [-0.39, 0.29) is 17.7 Å². The van der Waals surface area contributed by atoms with E-state index < -0.39 is 29.3 Å². The highest BCUT2D eigenvalue weighted by molar-refractivity contribution is 5.97. The van der Waals surface area contributed by atoms with Gasteiger partial charge in [-0.25, -0.2) is 4.39 Å². The fourth-order valence-electron chi connectivity index (χ4n) is 3.25. The number of aliphatic carboxylic acids is 1. The molecule has 138 valence electrons. The third-order valence-corrected chi connectivity index (χ3v) is 4.33. The van der Waals surface area contributed by atoms with E-state index >= 15 is 0 Å². The van der Waals surface area contributed by atoms with Crippen LogP contribution in [0.2, 0.25) is 0 Å². The lowest BCUT2D eigenvalue weighted by atomic mass is 9.89. The van der Waals surface area contributed by atoms with Gasteiger partial charge < -0.3 is 19.6 Å². The first-order valence-electron chi connectivity index (χ1n) is 8.24. The number of furan rings is 1. The van der Waals surface area contributed by atoms with Crippen LogP contribution in [0.25, 0.3) is 0 Å². The Hall–Kier alpha value is -2.83. The van der Waals surface area contributed by atoms with Crippen LogP contribution >= 0.6 is 0 Å². The van der Waals surface area contributed by atoms with E-state index in [0.717, 1.165) is 0 Å². The van der Waals surface area contributed by atoms with E-state index in [1.807, 2.05) is 13.8 Å². The molecule has 1 amide bonds. The number of fused-ring (bicyclic) bond motifs is 1. The lowest BCUT2D eigenvalue weighted by molar-refractivity contribution is -0.136. The SMILES string of the molecule is Cc1coc(CC(=O)O)c1C(=O)NC1CC(C)(C)Oc2cc(F)ccc21. The Bertz CT molecular complexity index is 871. The third kappa shape index (κ3) is 3.56. The molecule has 1 aliphatic heterocycles. The van der Waals surface area contributed by atoms with Crippen LogP contribution in [-0.4, -0.2) is 22.6 Å². The Morgan fingerprint density at radius 1 is 1.38 bits per heavy atom. The second-order valence-corrected chi connectivity index (χ2v) is 7.06. The Morgan fingerprint density at radius 2 is 2.12 bits per heavy atom. The van der Waals surface area contributed by atoms with Crippen molar-refractivity contribution in [2.75, 3.05) is 0 Å². The van der Waals surface area contributed by atoms with E-state index in [4.69, 9.17) is 14.3 Å². The lowest BCUT2D eigenvalue weighted by Gasteiger charge is -2.37. The van der Waals surface area contributed by atoms with Crippen molar-refractivity contribution >= 4 is 11.9 Å². The fraction of sp³-hybridized carbons (Fsp3) is 0.368. The largest absolute Gasteiger partial charge is 0.487 e. The zero-order valence-electron chi connectivity index (χ0n) is 14.8. The molecule has 0 radical (unpaired) electrons. The summed E-state index contributed by atoms with van der Waals surface area (Å²) in [4.78, 5) is 23.8. The topological polar surface area (TPSA) is 88.8 Å². The number of nitrogens with one attached hydrogen (secondary N) is 1. The number of carboxylic acid groups (broad SMARTS) is 1. The first kappa shape index (κ1) is 18.0. The summed E-state index contributed by atoms with van der Waals surface area (Å²) in [7, 11) is 0. The van der Waals surface area contributed by atoms with E-state index in [9.17, 15) is 14.0 Å². The number of rotatable bonds is 4. The fourth-order valence-corrected chi connectivity index (χ4v) is 3.25. The van der Waals surface area contributed by atoms with Crippen LogP contribution < -0.4 is 10.1 Å². The van der Waals surface area contributed by atoms with Crippen molar-refractivity contribution in [1.29, 1.82) is 0 Å². The summed E-state index contributed by atoms with van der Waals surface area (Å²) in [5.74, 6) is -1.42. The van der Waals surface area contributed by atoms with Gasteiger partial charge in [-0.1, -0.05) is 6.07 Å². The van der Waals surface area contributed by atoms with Gasteiger partial charge in [0.05, 0.1) is 17.9 Å². The van der Waals surface area contributed by atoms with Gasteiger partial charge in [-0.2, -0.15) is 0 Å². The van der Waals surface area contributed by atoms with Gasteiger partial charge in [0, 0.05) is 23.6 Å². The summed E-state index contributed by atoms with van der Waals surface area (Å²) in [6.45, 7) is 5.40. The van der Waals surface area contributed by atoms with Crippen molar-refractivity contribution in [3.8, 4) is 5.75 Å². The van der Waals surface area contributed by atoms with Gasteiger partial charge in [-0.3, -0.25) is 9.59 Å². The molecule has 1 aromatic carbocycles. The van der Waals surface area contributed by atoms with Crippen molar-refractivity contribution in [3.63, 3.8) is 0 Å². The normalized spacial score (nSPS) is 17.9. The van der Waals surface area contributed by atoms with Gasteiger partial charge in [0.25, 0.3) is 5.91 Å². The standard InChI is InChI=1S/C19H20FNO5/c1-10-9-25-15(7-16(22)23)17(10)18(24)21-13-8-19(2,3)26-14-6-11(20)4-5-12(13)14/h4-6,9,13H,7-8H2,1-3H3,(H,21,24)(H,22,23). The lowest BCUT2D eigenvalue weighted by Crippen LogP contribution is -2.41. The van der Waals surface area contributed by atoms with Crippen LogP contribution in [0.15, 0.2) is 28.9 Å². The molecule has 7 heteroatoms. The number of carboxylic acids is 1. The van der Waals surface area contributed by atoms with Crippen molar-refractivity contribution in [2.24, 2.45) is 0 Å². The maximum Gasteiger partial charge on any atom is 0.311 e. The molecular formula is C19H20FNO5. The number of hydrogen-bond donors (Lipinski definition) is 2. The van der Waals surface area contributed by atoms with E-state index in [2.05, 4.69) is 5.32 Å². The Balaban J connectivity index is 1.91. The van der Waals surface area contributed by atoms with E-state index in [0.29, 0.717) is 23.3 Å². The summed E-state index contributed by atoms with van der Waals surface area (Å²) in [5.41, 5.74) is 0.874. The Morgan fingerprint density at radius 3 is 2.81 bits per heavy atom. The smallest absolute Gasteiger partial charge is 0.311 e. The second kappa shape index (κ2) is 6.48. The van der Waals surface area contributed by atoms with Gasteiger partial charge in [0.1, 0.15) is 29.3 Å². The number of aryl methyl sites for hydroxylation is 1. The summed E-state index contributed by atoms with van der Waals surface area (Å²) < 4.78 is 24.6. The molecule has 0 saturated carbocycles. The molecule has 2 heterocycles. The molecule has 1 atom stereocenters. The minimum atomic E-state index is -1.08. The number of hydrogen-bond acceptors (Lipinski definition) is 4. The Labute approximate surface area is 150 Å². The number of benzene rings is 1. The average Bonchev–Trinajstić information content (AvgIpc) is 2.85. The van der Waals surface area contributed by atoms with Crippen LogP contribution in [-0.2, 0) is 11.2 Å². The minimum Gasteiger partial charge on any atom is -0.487 e. The zero-order chi connectivity index (χ0) is 19.1. The van der Waals surface area contributed by atoms with Crippen molar-refractivity contribution in [2.45, 2.75) is 45.3 Å². The first-order chi connectivity index (χ1) is 12.2. The zero-order valence-corrected chi connectivity index (χ0v) is 14.8. The molecule has 0 spiro atoms. The summed E-state index contributed by atoms with van der Waals surface area (Å²) in [6, 6.07) is 3.81. The molecule has 1 aliphatic rings. The van der Waals surface area contributed by atoms with Gasteiger partial charge in [-0.05, 0) is 26.8 Å². The Kier molecular flexibility index (Phi) is 4.48. The first-order valence-corrected chi connectivity index (χ1v) is 8.24. The van der Waals surface area contributed by atoms with Crippen LogP contribution in [0.3, 0.4) is 0 Å². The monoisotopic (exact) mass is 361 g/mol. The van der Waals surface area contributed by atoms with Crippen molar-refractivity contribution in [1.82, 2.24) is 5.32 Å². The minimum absolute atomic E-state index is 0.109. The summed E-state index contributed by atoms with van der Waals surface area (Å²) >= 11 is 0. The van der Waals surface area contributed by atoms with Crippen LogP contribution in [0, 0.1) is 12.7 Å². The van der Waals surface area contributed by atoms with Gasteiger partial charge in [-0.15, -0.1) is 0 Å². The number of amides is 1. The predicted molar refractivity (Wildman–Crippen MR) is 90.7 cm³/mol. The van der Waals surface area contributed by atoms with Crippen LogP contribution in [0.4, 0.5) is 4.39 Å². The second-order valence-electron chi connectivity index (χ2n) is 7.06. The number of ether oxygens (including phenoxy) is 1. The molecule has 1 aromatic heterocycles. The van der Waals surface area contributed by atoms with Gasteiger partial charge >= 0.3 is 5.97 Å². The highest BCUT2D eigenvalue weighted by Gasteiger charge is 2.35. The van der Waals surface area contributed by atoms with Gasteiger partial charge in [0.15, 0.2) is 0 Å². The molecule has 2 N–H and O–H groups in total. The molecule has 26 heavy (non-hydrogen) atoms. The van der Waals surface area contributed by atoms with Crippen molar-refractivity contribution in [3.05, 3.63) is 52.7 Å². The predicted octanol–water partition coefficient (Wildman–Crippen LogP) is 3.39. The number of carbonyl (C=O) groups is 2. The molecule has 3 rings (SSSR count). The maximum absolute atomic E-state index is 13.6. The molecule has 0 aliphatic carbocycles. The molecular weight excluding hydrogens is 341 g/mol. The van der Waals surface area contributed by atoms with Crippen LogP contribution in [0.5, 0.6) is 5.75 Å². The van der Waals surface area contributed by atoms with Crippen LogP contribution in [0.1, 0.15) is 53.6 Å². The number of carbonyl (C=O) groups excluding carboxylic acids is 1. The molecule has 0 fully saturated rings. The quantitative estimate of drug-likeness (QED) is 0.871. The highest BCUT2D eigenvalue weighted by atomic mass is 19.1. The summed E-state index contributed by atoms with van der Waals surface area (Å²) in [5, 5.41) is 11.9. The molecule has 0 saturated heterocycles. The maximum atomic E-state index is 13.6. The number of halogens is 1. The van der Waals surface area contributed by atoms with Gasteiger partial charge in [0.2, 0.25) is 0 Å². The third-order valence-electron chi connectivity index (χ3n) is 4.33. The molecule has 6 nitrogen and oxygen atoms in total. The van der Waals surface area contributed by atoms with E-state index in [1.165, 1.54) is 18.4 Å². The molecule has 2 aromatic rings. The highest BCUT2D eigenvalue weighted by Crippen LogP contribution is 2.40. The van der Waals surface area contributed by atoms with Crippen molar-refractivity contribution < 1.29 is 28.2 Å². The van der Waals surface area contributed by atoms with E-state index in [1.54, 1.807) is 13.0 Å². The molecule has 1 unspecified atom stereocenters.